The van der Waals surface area contributed by atoms with Crippen LogP contribution in [0, 0.1) is 12.7 Å². The number of piperazine rings is 1. The van der Waals surface area contributed by atoms with E-state index in [1.165, 1.54) is 30.4 Å². The van der Waals surface area contributed by atoms with Crippen LogP contribution in [0.4, 0.5) is 10.1 Å². The minimum Gasteiger partial charge on any atom is -0.369 e. The predicted molar refractivity (Wildman–Crippen MR) is 129 cm³/mol. The number of aryl methyl sites for hydroxylation is 1. The summed E-state index contributed by atoms with van der Waals surface area (Å²) in [6, 6.07) is 12.9. The van der Waals surface area contributed by atoms with E-state index in [1.807, 2.05) is 0 Å². The van der Waals surface area contributed by atoms with Gasteiger partial charge in [-0.25, -0.2) is 9.11 Å². The first-order chi connectivity index (χ1) is 15.3. The molecular weight excluding hydrogens is 451 g/mol. The van der Waals surface area contributed by atoms with Gasteiger partial charge in [-0.3, -0.25) is 4.90 Å². The Morgan fingerprint density at radius 2 is 1.81 bits per heavy atom. The summed E-state index contributed by atoms with van der Waals surface area (Å²) in [5, 5.41) is 0.217. The van der Waals surface area contributed by atoms with Gasteiger partial charge in [0, 0.05) is 62.6 Å². The molecule has 1 fully saturated rings. The molecule has 1 aliphatic rings. The second kappa shape index (κ2) is 11.4. The SMILES string of the molecule is Cc1cccc(N2CCN(CCCCNS(=O)(=O)N(C)Cc3c(F)cccc3Cl)CC2)c1. The Bertz CT molecular complexity index is 977. The van der Waals surface area contributed by atoms with Crippen molar-refractivity contribution < 1.29 is 12.8 Å². The van der Waals surface area contributed by atoms with Crippen molar-refractivity contribution >= 4 is 27.5 Å². The highest BCUT2D eigenvalue weighted by atomic mass is 35.5. The van der Waals surface area contributed by atoms with Crippen LogP contribution in [0.5, 0.6) is 0 Å². The quantitative estimate of drug-likeness (QED) is 0.525. The zero-order valence-electron chi connectivity index (χ0n) is 18.7. The van der Waals surface area contributed by atoms with Crippen molar-refractivity contribution in [1.29, 1.82) is 0 Å². The minimum atomic E-state index is -3.70. The summed E-state index contributed by atoms with van der Waals surface area (Å²) in [6.45, 7) is 7.30. The van der Waals surface area contributed by atoms with E-state index in [-0.39, 0.29) is 17.1 Å². The highest BCUT2D eigenvalue weighted by Gasteiger charge is 2.20. The molecule has 9 heteroatoms. The summed E-state index contributed by atoms with van der Waals surface area (Å²) in [5.74, 6) is -0.512. The third kappa shape index (κ3) is 6.89. The van der Waals surface area contributed by atoms with Crippen LogP contribution in [-0.4, -0.2) is 63.9 Å². The van der Waals surface area contributed by atoms with E-state index < -0.39 is 16.0 Å². The summed E-state index contributed by atoms with van der Waals surface area (Å²) >= 11 is 6.00. The van der Waals surface area contributed by atoms with Gasteiger partial charge in [-0.1, -0.05) is 29.8 Å². The minimum absolute atomic E-state index is 0.119. The van der Waals surface area contributed by atoms with Gasteiger partial charge in [0.15, 0.2) is 0 Å². The first-order valence-corrected chi connectivity index (χ1v) is 12.8. The second-order valence-corrected chi connectivity index (χ2v) is 10.5. The molecule has 0 bridgehead atoms. The van der Waals surface area contributed by atoms with Gasteiger partial charge < -0.3 is 4.90 Å². The van der Waals surface area contributed by atoms with E-state index in [4.69, 9.17) is 11.6 Å². The largest absolute Gasteiger partial charge is 0.369 e. The molecule has 0 aromatic heterocycles. The molecule has 1 aliphatic heterocycles. The van der Waals surface area contributed by atoms with Gasteiger partial charge in [0.25, 0.3) is 10.2 Å². The molecule has 1 N–H and O–H groups in total. The van der Waals surface area contributed by atoms with Crippen molar-refractivity contribution in [2.24, 2.45) is 0 Å². The molecule has 2 aromatic rings. The monoisotopic (exact) mass is 482 g/mol. The van der Waals surface area contributed by atoms with Gasteiger partial charge in [0.05, 0.1) is 0 Å². The molecule has 0 amide bonds. The second-order valence-electron chi connectivity index (χ2n) is 8.23. The molecule has 32 heavy (non-hydrogen) atoms. The average Bonchev–Trinajstić information content (AvgIpc) is 2.76. The van der Waals surface area contributed by atoms with Crippen LogP contribution in [0.2, 0.25) is 5.02 Å². The fourth-order valence-electron chi connectivity index (χ4n) is 3.82. The van der Waals surface area contributed by atoms with Crippen LogP contribution < -0.4 is 9.62 Å². The lowest BCUT2D eigenvalue weighted by Gasteiger charge is -2.36. The highest BCUT2D eigenvalue weighted by Crippen LogP contribution is 2.21. The average molecular weight is 483 g/mol. The summed E-state index contributed by atoms with van der Waals surface area (Å²) in [4.78, 5) is 4.84. The van der Waals surface area contributed by atoms with Crippen molar-refractivity contribution in [2.75, 3.05) is 51.2 Å². The maximum Gasteiger partial charge on any atom is 0.279 e. The summed E-state index contributed by atoms with van der Waals surface area (Å²) < 4.78 is 42.5. The van der Waals surface area contributed by atoms with Crippen LogP contribution in [0.25, 0.3) is 0 Å². The molecule has 0 atom stereocenters. The lowest BCUT2D eigenvalue weighted by atomic mass is 10.2. The van der Waals surface area contributed by atoms with Gasteiger partial charge >= 0.3 is 0 Å². The van der Waals surface area contributed by atoms with E-state index in [0.717, 1.165) is 49.9 Å². The number of nitrogens with zero attached hydrogens (tertiary/aromatic N) is 3. The maximum absolute atomic E-state index is 13.9. The van der Waals surface area contributed by atoms with Crippen LogP contribution in [-0.2, 0) is 16.8 Å². The van der Waals surface area contributed by atoms with Gasteiger partial charge in [0.2, 0.25) is 0 Å². The molecule has 1 heterocycles. The van der Waals surface area contributed by atoms with Crippen molar-refractivity contribution in [3.63, 3.8) is 0 Å². The highest BCUT2D eigenvalue weighted by molar-refractivity contribution is 7.87. The van der Waals surface area contributed by atoms with E-state index in [1.54, 1.807) is 6.07 Å². The topological polar surface area (TPSA) is 55.9 Å². The number of unbranched alkanes of at least 4 members (excludes halogenated alkanes) is 1. The Kier molecular flexibility index (Phi) is 8.90. The molecular formula is C23H32ClFN4O2S. The van der Waals surface area contributed by atoms with Gasteiger partial charge in [0.1, 0.15) is 5.82 Å². The number of hydrogen-bond donors (Lipinski definition) is 1. The Morgan fingerprint density at radius 3 is 2.50 bits per heavy atom. The van der Waals surface area contributed by atoms with Crippen LogP contribution in [0.15, 0.2) is 42.5 Å². The van der Waals surface area contributed by atoms with Crippen molar-refractivity contribution in [3.8, 4) is 0 Å². The van der Waals surface area contributed by atoms with Crippen molar-refractivity contribution in [1.82, 2.24) is 13.9 Å². The Balaban J connectivity index is 1.35. The standard InChI is InChI=1S/C23H32ClFN4O2S/c1-19-7-5-8-20(17-19)29-15-13-28(14-16-29)12-4-3-11-26-32(30,31)27(2)18-21-22(24)9-6-10-23(21)25/h5-10,17,26H,3-4,11-16,18H2,1-2H3. The van der Waals surface area contributed by atoms with Gasteiger partial charge in [-0.15, -0.1) is 0 Å². The molecule has 0 radical (unpaired) electrons. The number of hydrogen-bond acceptors (Lipinski definition) is 4. The van der Waals surface area contributed by atoms with Gasteiger partial charge in [-0.05, 0) is 56.1 Å². The summed E-state index contributed by atoms with van der Waals surface area (Å²) in [7, 11) is -2.29. The fourth-order valence-corrected chi connectivity index (χ4v) is 4.96. The molecule has 0 aliphatic carbocycles. The van der Waals surface area contributed by atoms with Gasteiger partial charge in [-0.2, -0.15) is 12.7 Å². The van der Waals surface area contributed by atoms with Crippen LogP contribution in [0.3, 0.4) is 0 Å². The number of rotatable bonds is 10. The molecule has 176 valence electrons. The Morgan fingerprint density at radius 1 is 1.09 bits per heavy atom. The number of nitrogens with one attached hydrogen (secondary N) is 1. The van der Waals surface area contributed by atoms with E-state index in [0.29, 0.717) is 6.54 Å². The van der Waals surface area contributed by atoms with Crippen molar-refractivity contribution in [2.45, 2.75) is 26.3 Å². The lowest BCUT2D eigenvalue weighted by molar-refractivity contribution is 0.253. The fraction of sp³-hybridized carbons (Fsp3) is 0.478. The van der Waals surface area contributed by atoms with Crippen LogP contribution >= 0.6 is 11.6 Å². The zero-order chi connectivity index (χ0) is 23.1. The molecule has 2 aromatic carbocycles. The number of benzene rings is 2. The smallest absolute Gasteiger partial charge is 0.279 e. The van der Waals surface area contributed by atoms with E-state index in [2.05, 4.69) is 45.7 Å². The number of halogens is 2. The third-order valence-electron chi connectivity index (χ3n) is 5.78. The zero-order valence-corrected chi connectivity index (χ0v) is 20.3. The predicted octanol–water partition coefficient (Wildman–Crippen LogP) is 3.66. The van der Waals surface area contributed by atoms with Crippen molar-refractivity contribution in [3.05, 3.63) is 64.4 Å². The molecule has 0 spiro atoms. The first kappa shape index (κ1) is 24.9. The molecule has 0 saturated carbocycles. The first-order valence-electron chi connectivity index (χ1n) is 10.9. The molecule has 6 nitrogen and oxygen atoms in total. The molecule has 0 unspecified atom stereocenters. The lowest BCUT2D eigenvalue weighted by Crippen LogP contribution is -2.46. The summed E-state index contributed by atoms with van der Waals surface area (Å²) in [5.41, 5.74) is 2.72. The van der Waals surface area contributed by atoms with Crippen LogP contribution in [0.1, 0.15) is 24.0 Å². The maximum atomic E-state index is 13.9. The summed E-state index contributed by atoms with van der Waals surface area (Å²) in [6.07, 6.45) is 1.65. The Labute approximate surface area is 196 Å². The third-order valence-corrected chi connectivity index (χ3v) is 7.65. The van der Waals surface area contributed by atoms with E-state index in [9.17, 15) is 12.8 Å². The molecule has 1 saturated heterocycles. The van der Waals surface area contributed by atoms with E-state index >= 15 is 0 Å². The molecule has 3 rings (SSSR count). The Hall–Kier alpha value is -1.71. The normalized spacial score (nSPS) is 15.5. The number of anilines is 1.